The van der Waals surface area contributed by atoms with Gasteiger partial charge in [0.1, 0.15) is 0 Å². The van der Waals surface area contributed by atoms with Crippen molar-refractivity contribution in [2.45, 2.75) is 44.2 Å². The van der Waals surface area contributed by atoms with Crippen LogP contribution < -0.4 is 11.1 Å². The van der Waals surface area contributed by atoms with Crippen molar-refractivity contribution in [1.29, 1.82) is 0 Å². The van der Waals surface area contributed by atoms with E-state index in [-0.39, 0.29) is 17.9 Å². The van der Waals surface area contributed by atoms with Gasteiger partial charge in [-0.2, -0.15) is 0 Å². The first kappa shape index (κ1) is 14.3. The van der Waals surface area contributed by atoms with E-state index in [1.54, 1.807) is 0 Å². The Morgan fingerprint density at radius 1 is 1.26 bits per heavy atom. The van der Waals surface area contributed by atoms with E-state index in [1.807, 2.05) is 28.9 Å². The largest absolute Gasteiger partial charge is 0.328 e. The van der Waals surface area contributed by atoms with Crippen LogP contribution in [-0.2, 0) is 4.79 Å². The molecular weight excluding hydrogens is 292 g/mol. The van der Waals surface area contributed by atoms with Crippen LogP contribution in [0.2, 0.25) is 0 Å². The highest BCUT2D eigenvalue weighted by Gasteiger charge is 2.29. The number of hydrogen-bond donors (Lipinski definition) is 2. The number of carbonyl (C=O) groups is 1. The predicted octanol–water partition coefficient (Wildman–Crippen LogP) is 1.74. The normalized spacial score (nSPS) is 23.9. The average Bonchev–Trinajstić information content (AvgIpc) is 3.10. The molecule has 2 aliphatic carbocycles. The van der Waals surface area contributed by atoms with Gasteiger partial charge >= 0.3 is 0 Å². The van der Waals surface area contributed by atoms with Crippen molar-refractivity contribution >= 4 is 11.6 Å². The van der Waals surface area contributed by atoms with Gasteiger partial charge in [0.25, 0.3) is 0 Å². The molecule has 1 heterocycles. The van der Waals surface area contributed by atoms with Crippen molar-refractivity contribution in [2.75, 3.05) is 5.32 Å². The van der Waals surface area contributed by atoms with Crippen LogP contribution in [0.5, 0.6) is 0 Å². The first-order chi connectivity index (χ1) is 11.2. The Balaban J connectivity index is 1.52. The van der Waals surface area contributed by atoms with Crippen LogP contribution >= 0.6 is 0 Å². The van der Waals surface area contributed by atoms with Crippen molar-refractivity contribution in [3.05, 3.63) is 24.3 Å². The van der Waals surface area contributed by atoms with E-state index >= 15 is 0 Å². The van der Waals surface area contributed by atoms with E-state index < -0.39 is 0 Å². The number of aromatic nitrogens is 4. The second kappa shape index (κ2) is 5.73. The molecule has 0 aliphatic heterocycles. The fraction of sp³-hybridized carbons (Fsp3) is 0.500. The van der Waals surface area contributed by atoms with Crippen molar-refractivity contribution in [2.24, 2.45) is 11.7 Å². The SMILES string of the molecule is NC1CCC(C(=O)Nc2cccc(-c3nnnn3C3CC3)c2)C1. The highest BCUT2D eigenvalue weighted by Crippen LogP contribution is 2.36. The number of nitrogens with one attached hydrogen (secondary N) is 1. The molecule has 0 saturated heterocycles. The zero-order valence-electron chi connectivity index (χ0n) is 12.9. The Kier molecular flexibility index (Phi) is 3.57. The Bertz CT molecular complexity index is 723. The molecule has 2 aromatic rings. The lowest BCUT2D eigenvalue weighted by atomic mass is 10.1. The van der Waals surface area contributed by atoms with Gasteiger partial charge in [-0.25, -0.2) is 4.68 Å². The second-order valence-electron chi connectivity index (χ2n) is 6.52. The summed E-state index contributed by atoms with van der Waals surface area (Å²) in [5.41, 5.74) is 7.59. The zero-order chi connectivity index (χ0) is 15.8. The van der Waals surface area contributed by atoms with Gasteiger partial charge in [-0.05, 0) is 54.7 Å². The van der Waals surface area contributed by atoms with Crippen LogP contribution in [0.4, 0.5) is 5.69 Å². The minimum Gasteiger partial charge on any atom is -0.328 e. The first-order valence-corrected chi connectivity index (χ1v) is 8.15. The lowest BCUT2D eigenvalue weighted by Crippen LogP contribution is -2.23. The van der Waals surface area contributed by atoms with E-state index in [0.717, 1.165) is 49.2 Å². The number of nitrogens with zero attached hydrogens (tertiary/aromatic N) is 4. The average molecular weight is 312 g/mol. The molecule has 7 nitrogen and oxygen atoms in total. The van der Waals surface area contributed by atoms with Crippen LogP contribution in [0.15, 0.2) is 24.3 Å². The van der Waals surface area contributed by atoms with Gasteiger partial charge in [0.15, 0.2) is 5.82 Å². The minimum absolute atomic E-state index is 0.0189. The first-order valence-electron chi connectivity index (χ1n) is 8.15. The molecule has 1 aromatic heterocycles. The number of hydrogen-bond acceptors (Lipinski definition) is 5. The number of nitrogens with two attached hydrogens (primary N) is 1. The molecule has 23 heavy (non-hydrogen) atoms. The summed E-state index contributed by atoms with van der Waals surface area (Å²) in [6.45, 7) is 0. The molecule has 3 N–H and O–H groups in total. The molecule has 2 saturated carbocycles. The Morgan fingerprint density at radius 3 is 2.87 bits per heavy atom. The molecule has 0 bridgehead atoms. The number of amides is 1. The van der Waals surface area contributed by atoms with Gasteiger partial charge in [0.05, 0.1) is 6.04 Å². The van der Waals surface area contributed by atoms with Crippen LogP contribution in [0.3, 0.4) is 0 Å². The molecule has 120 valence electrons. The summed E-state index contributed by atoms with van der Waals surface area (Å²) in [5.74, 6) is 0.828. The molecule has 0 radical (unpaired) electrons. The van der Waals surface area contributed by atoms with E-state index in [0.29, 0.717) is 6.04 Å². The van der Waals surface area contributed by atoms with E-state index in [1.165, 1.54) is 0 Å². The third kappa shape index (κ3) is 2.96. The molecule has 2 fully saturated rings. The fourth-order valence-electron chi connectivity index (χ4n) is 3.18. The van der Waals surface area contributed by atoms with E-state index in [4.69, 9.17) is 5.73 Å². The van der Waals surface area contributed by atoms with Crippen molar-refractivity contribution < 1.29 is 4.79 Å². The Morgan fingerprint density at radius 2 is 2.13 bits per heavy atom. The van der Waals surface area contributed by atoms with Gasteiger partial charge in [0.2, 0.25) is 5.91 Å². The molecule has 2 aliphatic rings. The summed E-state index contributed by atoms with van der Waals surface area (Å²) in [5, 5.41) is 15.0. The molecule has 1 amide bonds. The zero-order valence-corrected chi connectivity index (χ0v) is 12.9. The van der Waals surface area contributed by atoms with Gasteiger partial charge in [0, 0.05) is 23.2 Å². The second-order valence-corrected chi connectivity index (χ2v) is 6.52. The van der Waals surface area contributed by atoms with Crippen molar-refractivity contribution in [1.82, 2.24) is 20.2 Å². The molecule has 7 heteroatoms. The smallest absolute Gasteiger partial charge is 0.227 e. The predicted molar refractivity (Wildman–Crippen MR) is 85.5 cm³/mol. The summed E-state index contributed by atoms with van der Waals surface area (Å²) < 4.78 is 1.87. The molecule has 2 atom stereocenters. The van der Waals surface area contributed by atoms with Gasteiger partial charge in [-0.3, -0.25) is 4.79 Å². The van der Waals surface area contributed by atoms with Crippen LogP contribution in [0.1, 0.15) is 38.1 Å². The molecular formula is C16H20N6O. The highest BCUT2D eigenvalue weighted by molar-refractivity contribution is 5.93. The fourth-order valence-corrected chi connectivity index (χ4v) is 3.18. The highest BCUT2D eigenvalue weighted by atomic mass is 16.1. The van der Waals surface area contributed by atoms with Crippen LogP contribution in [0, 0.1) is 5.92 Å². The van der Waals surface area contributed by atoms with Gasteiger partial charge in [-0.1, -0.05) is 12.1 Å². The summed E-state index contributed by atoms with van der Waals surface area (Å²) in [4.78, 5) is 12.3. The van der Waals surface area contributed by atoms with Crippen LogP contribution in [-0.4, -0.2) is 32.2 Å². The molecule has 2 unspecified atom stereocenters. The van der Waals surface area contributed by atoms with Gasteiger partial charge in [-0.15, -0.1) is 5.10 Å². The van der Waals surface area contributed by atoms with E-state index in [9.17, 15) is 4.79 Å². The number of rotatable bonds is 4. The lowest BCUT2D eigenvalue weighted by molar-refractivity contribution is -0.119. The topological polar surface area (TPSA) is 98.7 Å². The maximum absolute atomic E-state index is 12.3. The number of carbonyl (C=O) groups excluding carboxylic acids is 1. The summed E-state index contributed by atoms with van der Waals surface area (Å²) in [6, 6.07) is 8.26. The summed E-state index contributed by atoms with van der Waals surface area (Å²) >= 11 is 0. The van der Waals surface area contributed by atoms with Gasteiger partial charge < -0.3 is 11.1 Å². The quantitative estimate of drug-likeness (QED) is 0.896. The summed E-state index contributed by atoms with van der Waals surface area (Å²) in [7, 11) is 0. The standard InChI is InChI=1S/C16H20N6O/c17-12-5-4-11(8-12)16(23)18-13-3-1-2-10(9-13)15-19-20-21-22(15)14-6-7-14/h1-3,9,11-12,14H,4-8,17H2,(H,18,23). The van der Waals surface area contributed by atoms with Crippen molar-refractivity contribution in [3.63, 3.8) is 0 Å². The van der Waals surface area contributed by atoms with E-state index in [2.05, 4.69) is 20.8 Å². The maximum atomic E-state index is 12.3. The third-order valence-electron chi connectivity index (χ3n) is 4.62. The monoisotopic (exact) mass is 312 g/mol. The molecule has 1 aromatic carbocycles. The lowest BCUT2D eigenvalue weighted by Gasteiger charge is -2.11. The van der Waals surface area contributed by atoms with Crippen molar-refractivity contribution in [3.8, 4) is 11.4 Å². The Labute approximate surface area is 134 Å². The van der Waals surface area contributed by atoms with Crippen LogP contribution in [0.25, 0.3) is 11.4 Å². The minimum atomic E-state index is 0.0189. The number of benzene rings is 1. The number of anilines is 1. The summed E-state index contributed by atoms with van der Waals surface area (Å²) in [6.07, 6.45) is 4.80. The number of tetrazole rings is 1. The molecule has 0 spiro atoms. The maximum Gasteiger partial charge on any atom is 0.227 e. The molecule has 4 rings (SSSR count). The third-order valence-corrected chi connectivity index (χ3v) is 4.62. The Hall–Kier alpha value is -2.28.